The van der Waals surface area contributed by atoms with E-state index < -0.39 is 0 Å². The molecular formula is C19H24ClN3O2. The Morgan fingerprint density at radius 3 is 2.68 bits per heavy atom. The number of halogens is 1. The van der Waals surface area contributed by atoms with E-state index in [0.717, 1.165) is 17.7 Å². The SMILES string of the molecule is COc1cc(Cl)c(C)cc1Nc1ccc(C(=O)NCCC(C)C)cn1. The lowest BCUT2D eigenvalue weighted by Crippen LogP contribution is -2.25. The highest BCUT2D eigenvalue weighted by Crippen LogP contribution is 2.32. The van der Waals surface area contributed by atoms with Crippen molar-refractivity contribution < 1.29 is 9.53 Å². The highest BCUT2D eigenvalue weighted by Gasteiger charge is 2.09. The third-order valence-electron chi connectivity index (χ3n) is 3.78. The van der Waals surface area contributed by atoms with Gasteiger partial charge in [0.25, 0.3) is 5.91 Å². The van der Waals surface area contributed by atoms with Crippen molar-refractivity contribution in [2.75, 3.05) is 19.0 Å². The van der Waals surface area contributed by atoms with Gasteiger partial charge in [0.1, 0.15) is 11.6 Å². The number of hydrogen-bond donors (Lipinski definition) is 2. The lowest BCUT2D eigenvalue weighted by atomic mass is 10.1. The molecule has 0 radical (unpaired) electrons. The van der Waals surface area contributed by atoms with Gasteiger partial charge in [-0.1, -0.05) is 25.4 Å². The van der Waals surface area contributed by atoms with Crippen LogP contribution in [0.2, 0.25) is 5.02 Å². The summed E-state index contributed by atoms with van der Waals surface area (Å²) in [5, 5.41) is 6.73. The first kappa shape index (κ1) is 19.1. The molecule has 0 unspecified atom stereocenters. The van der Waals surface area contributed by atoms with Crippen LogP contribution in [0.5, 0.6) is 5.75 Å². The second-order valence-corrected chi connectivity index (χ2v) is 6.70. The summed E-state index contributed by atoms with van der Waals surface area (Å²) in [6, 6.07) is 7.17. The number of nitrogens with one attached hydrogen (secondary N) is 2. The van der Waals surface area contributed by atoms with Crippen LogP contribution in [0.25, 0.3) is 0 Å². The molecular weight excluding hydrogens is 338 g/mol. The third kappa shape index (κ3) is 5.36. The van der Waals surface area contributed by atoms with Crippen molar-refractivity contribution in [1.82, 2.24) is 10.3 Å². The molecule has 2 aromatic rings. The molecule has 0 aliphatic carbocycles. The van der Waals surface area contributed by atoms with Crippen LogP contribution < -0.4 is 15.4 Å². The van der Waals surface area contributed by atoms with E-state index >= 15 is 0 Å². The van der Waals surface area contributed by atoms with E-state index in [1.807, 2.05) is 13.0 Å². The van der Waals surface area contributed by atoms with E-state index in [4.69, 9.17) is 16.3 Å². The Bertz CT molecular complexity index is 730. The van der Waals surface area contributed by atoms with E-state index in [1.165, 1.54) is 0 Å². The quantitative estimate of drug-likeness (QED) is 0.758. The molecule has 0 bridgehead atoms. The van der Waals surface area contributed by atoms with Gasteiger partial charge in [0.05, 0.1) is 18.4 Å². The fourth-order valence-electron chi connectivity index (χ4n) is 2.25. The first-order valence-corrected chi connectivity index (χ1v) is 8.64. The largest absolute Gasteiger partial charge is 0.495 e. The van der Waals surface area contributed by atoms with Gasteiger partial charge in [-0.05, 0) is 43.0 Å². The number of anilines is 2. The standard InChI is InChI=1S/C19H24ClN3O2/c1-12(2)7-8-21-19(24)14-5-6-18(22-11-14)23-16-9-13(3)15(20)10-17(16)25-4/h5-6,9-12H,7-8H2,1-4H3,(H,21,24)(H,22,23). The summed E-state index contributed by atoms with van der Waals surface area (Å²) in [6.45, 7) is 6.84. The summed E-state index contributed by atoms with van der Waals surface area (Å²) in [4.78, 5) is 16.4. The third-order valence-corrected chi connectivity index (χ3v) is 4.18. The van der Waals surface area contributed by atoms with Gasteiger partial charge in [0, 0.05) is 23.8 Å². The number of aromatic nitrogens is 1. The van der Waals surface area contributed by atoms with Gasteiger partial charge in [-0.25, -0.2) is 4.98 Å². The summed E-state index contributed by atoms with van der Waals surface area (Å²) in [5.74, 6) is 1.70. The number of amides is 1. The molecule has 0 spiro atoms. The molecule has 0 saturated carbocycles. The molecule has 0 aliphatic rings. The number of aryl methyl sites for hydroxylation is 1. The zero-order valence-corrected chi connectivity index (χ0v) is 15.8. The van der Waals surface area contributed by atoms with Crippen LogP contribution in [-0.2, 0) is 0 Å². The molecule has 2 rings (SSSR count). The summed E-state index contributed by atoms with van der Waals surface area (Å²) in [7, 11) is 1.59. The van der Waals surface area contributed by atoms with Crippen molar-refractivity contribution in [3.8, 4) is 5.75 Å². The van der Waals surface area contributed by atoms with Gasteiger partial charge >= 0.3 is 0 Å². The average molecular weight is 362 g/mol. The van der Waals surface area contributed by atoms with Crippen LogP contribution in [0.3, 0.4) is 0 Å². The summed E-state index contributed by atoms with van der Waals surface area (Å²) < 4.78 is 5.34. The molecule has 0 fully saturated rings. The molecule has 25 heavy (non-hydrogen) atoms. The molecule has 1 amide bonds. The molecule has 0 atom stereocenters. The number of ether oxygens (including phenoxy) is 1. The van der Waals surface area contributed by atoms with Crippen LogP contribution >= 0.6 is 11.6 Å². The van der Waals surface area contributed by atoms with Crippen LogP contribution in [0.1, 0.15) is 36.2 Å². The number of benzene rings is 1. The van der Waals surface area contributed by atoms with Crippen LogP contribution in [-0.4, -0.2) is 24.5 Å². The van der Waals surface area contributed by atoms with Crippen molar-refractivity contribution in [2.45, 2.75) is 27.2 Å². The number of rotatable bonds is 7. The highest BCUT2D eigenvalue weighted by molar-refractivity contribution is 6.31. The van der Waals surface area contributed by atoms with E-state index in [1.54, 1.807) is 31.5 Å². The first-order valence-electron chi connectivity index (χ1n) is 8.26. The number of pyridine rings is 1. The highest BCUT2D eigenvalue weighted by atomic mass is 35.5. The van der Waals surface area contributed by atoms with E-state index in [-0.39, 0.29) is 5.91 Å². The predicted molar refractivity (Wildman–Crippen MR) is 102 cm³/mol. The van der Waals surface area contributed by atoms with Crippen molar-refractivity contribution >= 4 is 29.0 Å². The number of carbonyl (C=O) groups is 1. The summed E-state index contributed by atoms with van der Waals surface area (Å²) in [6.07, 6.45) is 2.51. The Balaban J connectivity index is 2.05. The van der Waals surface area contributed by atoms with E-state index in [0.29, 0.717) is 34.6 Å². The number of hydrogen-bond acceptors (Lipinski definition) is 4. The van der Waals surface area contributed by atoms with E-state index in [2.05, 4.69) is 29.5 Å². The number of methoxy groups -OCH3 is 1. The predicted octanol–water partition coefficient (Wildman–Crippen LogP) is 4.57. The normalized spacial score (nSPS) is 10.6. The maximum atomic E-state index is 12.1. The van der Waals surface area contributed by atoms with Gasteiger partial charge in [0.2, 0.25) is 0 Å². The van der Waals surface area contributed by atoms with Crippen molar-refractivity contribution in [3.63, 3.8) is 0 Å². The number of carbonyl (C=O) groups excluding carboxylic acids is 1. The average Bonchev–Trinajstić information content (AvgIpc) is 2.58. The van der Waals surface area contributed by atoms with E-state index in [9.17, 15) is 4.79 Å². The fraction of sp³-hybridized carbons (Fsp3) is 0.368. The molecule has 0 aliphatic heterocycles. The maximum absolute atomic E-state index is 12.1. The Hall–Kier alpha value is -2.27. The molecule has 5 nitrogen and oxygen atoms in total. The summed E-state index contributed by atoms with van der Waals surface area (Å²) >= 11 is 6.12. The second-order valence-electron chi connectivity index (χ2n) is 6.30. The molecule has 1 aromatic heterocycles. The zero-order valence-electron chi connectivity index (χ0n) is 15.0. The van der Waals surface area contributed by atoms with Gasteiger partial charge < -0.3 is 15.4 Å². The summed E-state index contributed by atoms with van der Waals surface area (Å²) in [5.41, 5.74) is 2.24. The lowest BCUT2D eigenvalue weighted by Gasteiger charge is -2.13. The van der Waals surface area contributed by atoms with Gasteiger partial charge in [-0.15, -0.1) is 0 Å². The topological polar surface area (TPSA) is 63.2 Å². The minimum atomic E-state index is -0.111. The van der Waals surface area contributed by atoms with Crippen molar-refractivity contribution in [3.05, 3.63) is 46.6 Å². The van der Waals surface area contributed by atoms with Gasteiger partial charge in [-0.3, -0.25) is 4.79 Å². The van der Waals surface area contributed by atoms with Gasteiger partial charge in [0.15, 0.2) is 0 Å². The molecule has 1 aromatic carbocycles. The van der Waals surface area contributed by atoms with Crippen molar-refractivity contribution in [2.24, 2.45) is 5.92 Å². The molecule has 134 valence electrons. The minimum Gasteiger partial charge on any atom is -0.495 e. The Labute approximate surface area is 153 Å². The number of nitrogens with zero attached hydrogens (tertiary/aromatic N) is 1. The Morgan fingerprint density at radius 1 is 1.32 bits per heavy atom. The van der Waals surface area contributed by atoms with Gasteiger partial charge in [-0.2, -0.15) is 0 Å². The lowest BCUT2D eigenvalue weighted by molar-refractivity contribution is 0.0951. The second kappa shape index (κ2) is 8.72. The monoisotopic (exact) mass is 361 g/mol. The minimum absolute atomic E-state index is 0.111. The zero-order chi connectivity index (χ0) is 18.4. The smallest absolute Gasteiger partial charge is 0.252 e. The van der Waals surface area contributed by atoms with Crippen LogP contribution in [0.4, 0.5) is 11.5 Å². The van der Waals surface area contributed by atoms with Crippen LogP contribution in [0, 0.1) is 12.8 Å². The van der Waals surface area contributed by atoms with Crippen LogP contribution in [0.15, 0.2) is 30.5 Å². The Morgan fingerprint density at radius 2 is 2.08 bits per heavy atom. The Kier molecular flexibility index (Phi) is 6.65. The van der Waals surface area contributed by atoms with Crippen molar-refractivity contribution in [1.29, 1.82) is 0 Å². The maximum Gasteiger partial charge on any atom is 0.252 e. The molecule has 0 saturated heterocycles. The fourth-order valence-corrected chi connectivity index (χ4v) is 2.40. The molecule has 2 N–H and O–H groups in total. The molecule has 1 heterocycles. The molecule has 6 heteroatoms. The first-order chi connectivity index (χ1) is 11.9.